The van der Waals surface area contributed by atoms with Crippen LogP contribution in [-0.2, 0) is 4.79 Å². The maximum Gasteiger partial charge on any atom is 0.257 e. The molecule has 1 unspecified atom stereocenters. The molecule has 1 saturated heterocycles. The molecule has 1 heterocycles. The van der Waals surface area contributed by atoms with Gasteiger partial charge in [0.25, 0.3) is 5.91 Å². The maximum absolute atomic E-state index is 12.9. The Bertz CT molecular complexity index is 640. The minimum atomic E-state index is -0.190. The highest BCUT2D eigenvalue weighted by atomic mass is 35.5. The van der Waals surface area contributed by atoms with E-state index in [0.29, 0.717) is 41.7 Å². The second kappa shape index (κ2) is 10.5. The van der Waals surface area contributed by atoms with Gasteiger partial charge in [0.2, 0.25) is 5.91 Å². The number of hydrogen-bond acceptors (Lipinski definition) is 4. The summed E-state index contributed by atoms with van der Waals surface area (Å²) in [5, 5.41) is 3.27. The van der Waals surface area contributed by atoms with Crippen molar-refractivity contribution in [2.45, 2.75) is 32.6 Å². The van der Waals surface area contributed by atoms with Crippen LogP contribution in [-0.4, -0.2) is 43.5 Å². The minimum Gasteiger partial charge on any atom is -0.496 e. The van der Waals surface area contributed by atoms with E-state index in [1.165, 1.54) is 13.2 Å². The fourth-order valence-electron chi connectivity index (χ4n) is 2.98. The van der Waals surface area contributed by atoms with Crippen molar-refractivity contribution in [1.29, 1.82) is 0 Å². The van der Waals surface area contributed by atoms with E-state index in [4.69, 9.17) is 22.1 Å². The van der Waals surface area contributed by atoms with Crippen LogP contribution >= 0.6 is 24.0 Å². The Morgan fingerprint density at radius 1 is 1.42 bits per heavy atom. The van der Waals surface area contributed by atoms with Gasteiger partial charge < -0.3 is 20.7 Å². The molecule has 26 heavy (non-hydrogen) atoms. The van der Waals surface area contributed by atoms with Crippen LogP contribution in [0.2, 0.25) is 5.02 Å². The molecule has 0 aromatic heterocycles. The van der Waals surface area contributed by atoms with Crippen LogP contribution in [0.5, 0.6) is 5.75 Å². The quantitative estimate of drug-likeness (QED) is 0.564. The molecule has 6 nitrogen and oxygen atoms in total. The molecular weight excluding hydrogens is 377 g/mol. The first-order valence-electron chi connectivity index (χ1n) is 8.67. The molecule has 0 spiro atoms. The normalized spacial score (nSPS) is 16.6. The number of halogens is 2. The summed E-state index contributed by atoms with van der Waals surface area (Å²) in [6.45, 7) is 3.78. The van der Waals surface area contributed by atoms with Gasteiger partial charge in [0.05, 0.1) is 29.3 Å². The number of nitrogens with zero attached hydrogens (tertiary/aromatic N) is 1. The zero-order chi connectivity index (χ0) is 18.4. The van der Waals surface area contributed by atoms with Gasteiger partial charge >= 0.3 is 0 Å². The number of piperidine rings is 1. The standard InChI is InChI=1S/C18H26ClN3O3.ClH/c1-3-4-7-21-17(23)12-6-5-8-22(11-12)18(24)13-9-14(19)15(20)10-16(13)25-2;/h9-10,12H,3-8,11,20H2,1-2H3,(H,21,23);1H. The van der Waals surface area contributed by atoms with Gasteiger partial charge in [-0.3, -0.25) is 9.59 Å². The monoisotopic (exact) mass is 403 g/mol. The lowest BCUT2D eigenvalue weighted by Crippen LogP contribution is -2.45. The van der Waals surface area contributed by atoms with E-state index < -0.39 is 0 Å². The van der Waals surface area contributed by atoms with Gasteiger partial charge in [-0.2, -0.15) is 0 Å². The summed E-state index contributed by atoms with van der Waals surface area (Å²) in [7, 11) is 1.49. The minimum absolute atomic E-state index is 0. The molecule has 0 saturated carbocycles. The van der Waals surface area contributed by atoms with E-state index in [1.54, 1.807) is 11.0 Å². The number of ether oxygens (including phenoxy) is 1. The third kappa shape index (κ3) is 5.42. The van der Waals surface area contributed by atoms with Crippen molar-refractivity contribution in [3.05, 3.63) is 22.7 Å². The number of rotatable bonds is 6. The number of anilines is 1. The predicted octanol–water partition coefficient (Wildman–Crippen LogP) is 3.12. The van der Waals surface area contributed by atoms with Gasteiger partial charge in [-0.25, -0.2) is 0 Å². The molecular formula is C18H27Cl2N3O3. The van der Waals surface area contributed by atoms with E-state index in [2.05, 4.69) is 12.2 Å². The molecule has 1 aliphatic heterocycles. The lowest BCUT2D eigenvalue weighted by atomic mass is 9.96. The molecule has 2 rings (SSSR count). The topological polar surface area (TPSA) is 84.7 Å². The third-order valence-electron chi connectivity index (χ3n) is 4.46. The largest absolute Gasteiger partial charge is 0.496 e. The van der Waals surface area contributed by atoms with Crippen molar-refractivity contribution in [3.63, 3.8) is 0 Å². The van der Waals surface area contributed by atoms with Crippen molar-refractivity contribution in [1.82, 2.24) is 10.2 Å². The predicted molar refractivity (Wildman–Crippen MR) is 106 cm³/mol. The van der Waals surface area contributed by atoms with E-state index in [9.17, 15) is 9.59 Å². The van der Waals surface area contributed by atoms with E-state index in [0.717, 1.165) is 25.7 Å². The zero-order valence-electron chi connectivity index (χ0n) is 15.2. The van der Waals surface area contributed by atoms with Crippen LogP contribution in [0.4, 0.5) is 5.69 Å². The van der Waals surface area contributed by atoms with Crippen molar-refractivity contribution >= 4 is 41.5 Å². The first-order valence-corrected chi connectivity index (χ1v) is 9.05. The zero-order valence-corrected chi connectivity index (χ0v) is 16.8. The summed E-state index contributed by atoms with van der Waals surface area (Å²) in [4.78, 5) is 26.9. The fourth-order valence-corrected chi connectivity index (χ4v) is 3.15. The van der Waals surface area contributed by atoms with Gasteiger partial charge in [0.1, 0.15) is 5.75 Å². The van der Waals surface area contributed by atoms with E-state index in [-0.39, 0.29) is 30.1 Å². The maximum atomic E-state index is 12.9. The Hall–Kier alpha value is -1.66. The number of unbranched alkanes of at least 4 members (excludes halogenated alkanes) is 1. The second-order valence-electron chi connectivity index (χ2n) is 6.31. The molecule has 2 amide bonds. The lowest BCUT2D eigenvalue weighted by Gasteiger charge is -2.32. The first kappa shape index (κ1) is 22.4. The first-order chi connectivity index (χ1) is 12.0. The Morgan fingerprint density at radius 2 is 2.15 bits per heavy atom. The van der Waals surface area contributed by atoms with Crippen LogP contribution in [0.1, 0.15) is 43.0 Å². The molecule has 0 bridgehead atoms. The van der Waals surface area contributed by atoms with Gasteiger partial charge in [-0.05, 0) is 25.3 Å². The average Bonchev–Trinajstić information content (AvgIpc) is 2.63. The Morgan fingerprint density at radius 3 is 2.81 bits per heavy atom. The number of carbonyl (C=O) groups excluding carboxylic acids is 2. The average molecular weight is 404 g/mol. The smallest absolute Gasteiger partial charge is 0.257 e. The summed E-state index contributed by atoms with van der Waals surface area (Å²) in [5.41, 5.74) is 6.51. The number of amides is 2. The highest BCUT2D eigenvalue weighted by Crippen LogP contribution is 2.30. The lowest BCUT2D eigenvalue weighted by molar-refractivity contribution is -0.126. The van der Waals surface area contributed by atoms with Gasteiger partial charge in [0, 0.05) is 25.7 Å². The number of benzene rings is 1. The third-order valence-corrected chi connectivity index (χ3v) is 4.79. The Kier molecular flexibility index (Phi) is 9.02. The van der Waals surface area contributed by atoms with E-state index in [1.807, 2.05) is 0 Å². The highest BCUT2D eigenvalue weighted by molar-refractivity contribution is 6.33. The molecule has 1 atom stereocenters. The van der Waals surface area contributed by atoms with Crippen LogP contribution in [0.25, 0.3) is 0 Å². The van der Waals surface area contributed by atoms with Crippen molar-refractivity contribution in [2.24, 2.45) is 5.92 Å². The number of methoxy groups -OCH3 is 1. The van der Waals surface area contributed by atoms with Crippen LogP contribution < -0.4 is 15.8 Å². The summed E-state index contributed by atoms with van der Waals surface area (Å²) in [5.74, 6) is 0.0456. The van der Waals surface area contributed by atoms with Gasteiger partial charge in [-0.1, -0.05) is 24.9 Å². The molecule has 0 aliphatic carbocycles. The van der Waals surface area contributed by atoms with E-state index >= 15 is 0 Å². The molecule has 8 heteroatoms. The molecule has 1 aromatic rings. The van der Waals surface area contributed by atoms with Gasteiger partial charge in [-0.15, -0.1) is 12.4 Å². The number of nitrogen functional groups attached to an aromatic ring is 1. The van der Waals surface area contributed by atoms with Gasteiger partial charge in [0.15, 0.2) is 0 Å². The highest BCUT2D eigenvalue weighted by Gasteiger charge is 2.30. The molecule has 146 valence electrons. The summed E-state index contributed by atoms with van der Waals surface area (Å²) < 4.78 is 5.27. The SMILES string of the molecule is CCCCNC(=O)C1CCCN(C(=O)c2cc(Cl)c(N)cc2OC)C1.Cl. The second-order valence-corrected chi connectivity index (χ2v) is 6.72. The summed E-state index contributed by atoms with van der Waals surface area (Å²) >= 11 is 6.06. The fraction of sp³-hybridized carbons (Fsp3) is 0.556. The molecule has 1 fully saturated rings. The summed E-state index contributed by atoms with van der Waals surface area (Å²) in [6.07, 6.45) is 3.58. The number of nitrogens with two attached hydrogens (primary N) is 1. The number of carbonyl (C=O) groups is 2. The summed E-state index contributed by atoms with van der Waals surface area (Å²) in [6, 6.07) is 3.08. The van der Waals surface area contributed by atoms with Crippen LogP contribution in [0.3, 0.4) is 0 Å². The number of likely N-dealkylation sites (tertiary alicyclic amines) is 1. The Balaban J connectivity index is 0.00000338. The molecule has 3 N–H and O–H groups in total. The molecule has 0 radical (unpaired) electrons. The van der Waals surface area contributed by atoms with Crippen molar-refractivity contribution in [2.75, 3.05) is 32.5 Å². The number of hydrogen-bond donors (Lipinski definition) is 2. The molecule has 1 aromatic carbocycles. The van der Waals surface area contributed by atoms with Crippen LogP contribution in [0.15, 0.2) is 12.1 Å². The van der Waals surface area contributed by atoms with Crippen LogP contribution in [0, 0.1) is 5.92 Å². The van der Waals surface area contributed by atoms with Crippen molar-refractivity contribution in [3.8, 4) is 5.75 Å². The Labute approximate surface area is 165 Å². The number of nitrogens with one attached hydrogen (secondary N) is 1. The van der Waals surface area contributed by atoms with Crippen molar-refractivity contribution < 1.29 is 14.3 Å². The molecule has 1 aliphatic rings.